The Morgan fingerprint density at radius 2 is 2.05 bits per heavy atom. The molecular formula is C15H19F3N2O. The zero-order valence-electron chi connectivity index (χ0n) is 11.9. The number of halogens is 3. The smallest absolute Gasteiger partial charge is 0.224 e. The normalized spacial score (nSPS) is 20.1. The van der Waals surface area contributed by atoms with Gasteiger partial charge in [-0.05, 0) is 37.8 Å². The van der Waals surface area contributed by atoms with Crippen molar-refractivity contribution in [3.8, 4) is 0 Å². The zero-order chi connectivity index (χ0) is 15.4. The molecule has 0 radical (unpaired) electrons. The van der Waals surface area contributed by atoms with Crippen LogP contribution >= 0.6 is 0 Å². The van der Waals surface area contributed by atoms with Gasteiger partial charge in [-0.3, -0.25) is 4.79 Å². The standard InChI is InChI=1S/C15H19F3N2O/c1-9(10-3-2-4-19-8-10)5-14(21)20-15-12(17)6-11(16)7-13(15)18/h6-7,9-10,19H,2-5,8H2,1H3,(H,20,21). The van der Waals surface area contributed by atoms with E-state index in [0.29, 0.717) is 18.1 Å². The fourth-order valence-electron chi connectivity index (χ4n) is 2.68. The van der Waals surface area contributed by atoms with Gasteiger partial charge in [-0.2, -0.15) is 0 Å². The number of carbonyl (C=O) groups excluding carboxylic acids is 1. The molecule has 0 bridgehead atoms. The van der Waals surface area contributed by atoms with E-state index in [4.69, 9.17) is 0 Å². The van der Waals surface area contributed by atoms with Gasteiger partial charge in [-0.15, -0.1) is 0 Å². The second kappa shape index (κ2) is 6.93. The number of benzene rings is 1. The van der Waals surface area contributed by atoms with Crippen molar-refractivity contribution in [3.05, 3.63) is 29.6 Å². The van der Waals surface area contributed by atoms with E-state index in [0.717, 1.165) is 25.9 Å². The topological polar surface area (TPSA) is 41.1 Å². The first-order valence-corrected chi connectivity index (χ1v) is 7.12. The number of rotatable bonds is 4. The molecule has 0 aromatic heterocycles. The highest BCUT2D eigenvalue weighted by molar-refractivity contribution is 5.91. The lowest BCUT2D eigenvalue weighted by Crippen LogP contribution is -2.34. The molecule has 1 fully saturated rings. The van der Waals surface area contributed by atoms with Crippen molar-refractivity contribution in [2.45, 2.75) is 26.2 Å². The first-order valence-electron chi connectivity index (χ1n) is 7.12. The average Bonchev–Trinajstić information content (AvgIpc) is 2.43. The van der Waals surface area contributed by atoms with E-state index in [9.17, 15) is 18.0 Å². The molecule has 2 unspecified atom stereocenters. The van der Waals surface area contributed by atoms with Gasteiger partial charge in [0, 0.05) is 18.6 Å². The Labute approximate surface area is 121 Å². The molecule has 116 valence electrons. The predicted molar refractivity (Wildman–Crippen MR) is 74.3 cm³/mol. The minimum Gasteiger partial charge on any atom is -0.321 e. The lowest BCUT2D eigenvalue weighted by atomic mass is 9.85. The SMILES string of the molecule is CC(CC(=O)Nc1c(F)cc(F)cc1F)C1CCCNC1. The number of amides is 1. The maximum Gasteiger partial charge on any atom is 0.224 e. The third-order valence-electron chi connectivity index (χ3n) is 3.92. The molecule has 2 rings (SSSR count). The van der Waals surface area contributed by atoms with Crippen LogP contribution in [0, 0.1) is 29.3 Å². The third kappa shape index (κ3) is 4.20. The number of anilines is 1. The fraction of sp³-hybridized carbons (Fsp3) is 0.533. The van der Waals surface area contributed by atoms with Gasteiger partial charge in [0.25, 0.3) is 0 Å². The maximum atomic E-state index is 13.5. The Hall–Kier alpha value is -1.56. The summed E-state index contributed by atoms with van der Waals surface area (Å²) in [5.41, 5.74) is -0.588. The van der Waals surface area contributed by atoms with E-state index in [1.165, 1.54) is 0 Å². The molecule has 1 aromatic rings. The van der Waals surface area contributed by atoms with Crippen LogP contribution in [0.2, 0.25) is 0 Å². The van der Waals surface area contributed by atoms with Crippen molar-refractivity contribution in [1.29, 1.82) is 0 Å². The van der Waals surface area contributed by atoms with E-state index in [1.54, 1.807) is 0 Å². The zero-order valence-corrected chi connectivity index (χ0v) is 11.9. The summed E-state index contributed by atoms with van der Waals surface area (Å²) in [5, 5.41) is 5.47. The molecule has 1 heterocycles. The summed E-state index contributed by atoms with van der Waals surface area (Å²) in [6.45, 7) is 3.80. The molecule has 0 spiro atoms. The lowest BCUT2D eigenvalue weighted by Gasteiger charge is -2.28. The van der Waals surface area contributed by atoms with Crippen molar-refractivity contribution >= 4 is 11.6 Å². The van der Waals surface area contributed by atoms with Gasteiger partial charge in [0.05, 0.1) is 0 Å². The molecular weight excluding hydrogens is 281 g/mol. The first-order chi connectivity index (χ1) is 9.97. The summed E-state index contributed by atoms with van der Waals surface area (Å²) in [6, 6.07) is 1.10. The molecule has 0 saturated carbocycles. The number of nitrogens with one attached hydrogen (secondary N) is 2. The number of hydrogen-bond donors (Lipinski definition) is 2. The Bertz CT molecular complexity index is 493. The van der Waals surface area contributed by atoms with Gasteiger partial charge in [-0.25, -0.2) is 13.2 Å². The fourth-order valence-corrected chi connectivity index (χ4v) is 2.68. The van der Waals surface area contributed by atoms with Gasteiger partial charge in [0.15, 0.2) is 11.6 Å². The molecule has 1 aliphatic heterocycles. The summed E-state index contributed by atoms with van der Waals surface area (Å²) in [7, 11) is 0. The second-order valence-electron chi connectivity index (χ2n) is 5.58. The molecule has 2 N–H and O–H groups in total. The van der Waals surface area contributed by atoms with Crippen LogP contribution in [0.3, 0.4) is 0 Å². The molecule has 1 aromatic carbocycles. The number of piperidine rings is 1. The van der Waals surface area contributed by atoms with Crippen molar-refractivity contribution in [1.82, 2.24) is 5.32 Å². The van der Waals surface area contributed by atoms with Crippen LogP contribution in [-0.4, -0.2) is 19.0 Å². The largest absolute Gasteiger partial charge is 0.321 e. The van der Waals surface area contributed by atoms with E-state index in [1.807, 2.05) is 6.92 Å². The van der Waals surface area contributed by atoms with Crippen molar-refractivity contribution < 1.29 is 18.0 Å². The van der Waals surface area contributed by atoms with Gasteiger partial charge in [-0.1, -0.05) is 6.92 Å². The van der Waals surface area contributed by atoms with Gasteiger partial charge < -0.3 is 10.6 Å². The third-order valence-corrected chi connectivity index (χ3v) is 3.92. The lowest BCUT2D eigenvalue weighted by molar-refractivity contribution is -0.117. The Morgan fingerprint density at radius 3 is 2.62 bits per heavy atom. The van der Waals surface area contributed by atoms with E-state index >= 15 is 0 Å². The van der Waals surface area contributed by atoms with E-state index in [2.05, 4.69) is 10.6 Å². The Balaban J connectivity index is 1.95. The molecule has 3 nitrogen and oxygen atoms in total. The predicted octanol–water partition coefficient (Wildman–Crippen LogP) is 3.07. The van der Waals surface area contributed by atoms with E-state index in [-0.39, 0.29) is 12.3 Å². The first kappa shape index (κ1) is 15.8. The van der Waals surface area contributed by atoms with Crippen LogP contribution in [0.25, 0.3) is 0 Å². The second-order valence-corrected chi connectivity index (χ2v) is 5.58. The van der Waals surface area contributed by atoms with Crippen molar-refractivity contribution in [2.24, 2.45) is 11.8 Å². The summed E-state index contributed by atoms with van der Waals surface area (Å²) >= 11 is 0. The van der Waals surface area contributed by atoms with Crippen LogP contribution in [0.15, 0.2) is 12.1 Å². The number of hydrogen-bond acceptors (Lipinski definition) is 2. The van der Waals surface area contributed by atoms with Crippen molar-refractivity contribution in [2.75, 3.05) is 18.4 Å². The molecule has 6 heteroatoms. The monoisotopic (exact) mass is 300 g/mol. The van der Waals surface area contributed by atoms with Gasteiger partial charge >= 0.3 is 0 Å². The molecule has 1 saturated heterocycles. The number of carbonyl (C=O) groups is 1. The van der Waals surface area contributed by atoms with Crippen LogP contribution in [0.4, 0.5) is 18.9 Å². The summed E-state index contributed by atoms with van der Waals surface area (Å²) in [5.74, 6) is -3.18. The summed E-state index contributed by atoms with van der Waals surface area (Å²) in [6.07, 6.45) is 2.29. The summed E-state index contributed by atoms with van der Waals surface area (Å²) < 4.78 is 39.7. The Morgan fingerprint density at radius 1 is 1.38 bits per heavy atom. The Kier molecular flexibility index (Phi) is 5.22. The summed E-state index contributed by atoms with van der Waals surface area (Å²) in [4.78, 5) is 11.9. The van der Waals surface area contributed by atoms with Gasteiger partial charge in [0.2, 0.25) is 5.91 Å². The molecule has 1 amide bonds. The maximum absolute atomic E-state index is 13.5. The highest BCUT2D eigenvalue weighted by Crippen LogP contribution is 2.24. The van der Waals surface area contributed by atoms with Crippen molar-refractivity contribution in [3.63, 3.8) is 0 Å². The van der Waals surface area contributed by atoms with Crippen LogP contribution in [0.5, 0.6) is 0 Å². The van der Waals surface area contributed by atoms with Gasteiger partial charge in [0.1, 0.15) is 11.5 Å². The van der Waals surface area contributed by atoms with Crippen LogP contribution in [-0.2, 0) is 4.79 Å². The molecule has 0 aliphatic carbocycles. The molecule has 1 aliphatic rings. The highest BCUT2D eigenvalue weighted by atomic mass is 19.1. The van der Waals surface area contributed by atoms with E-state index < -0.39 is 29.0 Å². The van der Waals surface area contributed by atoms with Crippen LogP contribution in [0.1, 0.15) is 26.2 Å². The minimum absolute atomic E-state index is 0.115. The quantitative estimate of drug-likeness (QED) is 0.897. The van der Waals surface area contributed by atoms with Crippen LogP contribution < -0.4 is 10.6 Å². The molecule has 2 atom stereocenters. The average molecular weight is 300 g/mol. The molecule has 21 heavy (non-hydrogen) atoms. The minimum atomic E-state index is -1.10. The highest BCUT2D eigenvalue weighted by Gasteiger charge is 2.23.